The number of benzene rings is 1. The molecule has 6 nitrogen and oxygen atoms in total. The highest BCUT2D eigenvalue weighted by Gasteiger charge is 2.38. The highest BCUT2D eigenvalue weighted by molar-refractivity contribution is 5.87. The summed E-state index contributed by atoms with van der Waals surface area (Å²) in [7, 11) is 0. The minimum atomic E-state index is -0.688. The fourth-order valence-electron chi connectivity index (χ4n) is 3.16. The number of aliphatic hydroxyl groups is 1. The minimum absolute atomic E-state index is 0.169. The number of likely N-dealkylation sites (tertiary alicyclic amines) is 1. The summed E-state index contributed by atoms with van der Waals surface area (Å²) in [5.41, 5.74) is 0.705. The standard InChI is InChI=1S/C16H19FN2O4/c1-9(20)19-7-13(21)6-14(19)16(22)18-12-5-10-4-11(17)2-3-15(10)23-8-12/h2-4,12-14,21H,5-8H2,1H3,(H,18,22)/t12?,13-,14+/m0/s1. The average molecular weight is 322 g/mol. The van der Waals surface area contributed by atoms with Crippen LogP contribution in [0.1, 0.15) is 18.9 Å². The first-order valence-electron chi connectivity index (χ1n) is 7.61. The largest absolute Gasteiger partial charge is 0.491 e. The van der Waals surface area contributed by atoms with Crippen molar-refractivity contribution in [2.45, 2.75) is 38.0 Å². The topological polar surface area (TPSA) is 78.9 Å². The van der Waals surface area contributed by atoms with Crippen LogP contribution >= 0.6 is 0 Å². The lowest BCUT2D eigenvalue weighted by Gasteiger charge is -2.29. The first-order chi connectivity index (χ1) is 10.9. The Morgan fingerprint density at radius 2 is 2.22 bits per heavy atom. The molecule has 0 radical (unpaired) electrons. The van der Waals surface area contributed by atoms with Crippen LogP contribution in [0.4, 0.5) is 4.39 Å². The van der Waals surface area contributed by atoms with Crippen molar-refractivity contribution in [1.29, 1.82) is 0 Å². The molecule has 0 bridgehead atoms. The maximum Gasteiger partial charge on any atom is 0.243 e. The van der Waals surface area contributed by atoms with Gasteiger partial charge in [0.2, 0.25) is 11.8 Å². The molecule has 1 unspecified atom stereocenters. The molecule has 0 spiro atoms. The van der Waals surface area contributed by atoms with Gasteiger partial charge in [0.1, 0.15) is 24.2 Å². The molecule has 23 heavy (non-hydrogen) atoms. The number of fused-ring (bicyclic) bond motifs is 1. The van der Waals surface area contributed by atoms with Crippen LogP contribution in [-0.4, -0.2) is 53.2 Å². The molecule has 2 aliphatic rings. The summed E-state index contributed by atoms with van der Waals surface area (Å²) in [4.78, 5) is 25.3. The van der Waals surface area contributed by atoms with Gasteiger partial charge in [-0.1, -0.05) is 0 Å². The number of β-amino-alcohol motifs (C(OH)–C–C–N with tert-alkyl or cyclic N) is 1. The number of amides is 2. The predicted octanol–water partition coefficient (Wildman–Crippen LogP) is 0.227. The lowest BCUT2D eigenvalue weighted by Crippen LogP contribution is -2.51. The number of nitrogens with one attached hydrogen (secondary N) is 1. The Bertz CT molecular complexity index is 637. The summed E-state index contributed by atoms with van der Waals surface area (Å²) in [6, 6.07) is 3.35. The summed E-state index contributed by atoms with van der Waals surface area (Å²) < 4.78 is 18.8. The van der Waals surface area contributed by atoms with Crippen molar-refractivity contribution in [3.8, 4) is 5.75 Å². The molecular formula is C16H19FN2O4. The fraction of sp³-hybridized carbons (Fsp3) is 0.500. The van der Waals surface area contributed by atoms with Crippen molar-refractivity contribution < 1.29 is 23.8 Å². The zero-order valence-corrected chi connectivity index (χ0v) is 12.8. The Balaban J connectivity index is 1.66. The SMILES string of the molecule is CC(=O)N1C[C@@H](O)C[C@@H]1C(=O)NC1COc2ccc(F)cc2C1. The molecular weight excluding hydrogens is 303 g/mol. The summed E-state index contributed by atoms with van der Waals surface area (Å²) in [6.07, 6.45) is 0.00495. The smallest absolute Gasteiger partial charge is 0.243 e. The number of halogens is 1. The van der Waals surface area contributed by atoms with Gasteiger partial charge in [-0.25, -0.2) is 4.39 Å². The van der Waals surface area contributed by atoms with Gasteiger partial charge in [-0.2, -0.15) is 0 Å². The van der Waals surface area contributed by atoms with E-state index in [1.807, 2.05) is 0 Å². The number of carbonyl (C=O) groups is 2. The molecule has 2 aliphatic heterocycles. The molecule has 2 N–H and O–H groups in total. The zero-order valence-electron chi connectivity index (χ0n) is 12.8. The van der Waals surface area contributed by atoms with Gasteiger partial charge in [0.25, 0.3) is 0 Å². The second kappa shape index (κ2) is 6.16. The van der Waals surface area contributed by atoms with Crippen LogP contribution in [0, 0.1) is 5.82 Å². The van der Waals surface area contributed by atoms with Crippen LogP contribution in [0.15, 0.2) is 18.2 Å². The van der Waals surface area contributed by atoms with E-state index in [1.54, 1.807) is 6.07 Å². The summed E-state index contributed by atoms with van der Waals surface area (Å²) in [5.74, 6) is -0.279. The third-order valence-corrected chi connectivity index (χ3v) is 4.26. The van der Waals surface area contributed by atoms with E-state index in [0.29, 0.717) is 24.3 Å². The molecule has 1 aromatic rings. The van der Waals surface area contributed by atoms with Gasteiger partial charge < -0.3 is 20.1 Å². The van der Waals surface area contributed by atoms with Gasteiger partial charge in [0.15, 0.2) is 0 Å². The van der Waals surface area contributed by atoms with E-state index in [4.69, 9.17) is 4.74 Å². The molecule has 2 amide bonds. The van der Waals surface area contributed by atoms with Crippen molar-refractivity contribution in [1.82, 2.24) is 10.2 Å². The number of rotatable bonds is 2. The Kier molecular flexibility index (Phi) is 4.21. The van der Waals surface area contributed by atoms with Gasteiger partial charge in [0, 0.05) is 19.9 Å². The van der Waals surface area contributed by atoms with Crippen LogP contribution < -0.4 is 10.1 Å². The van der Waals surface area contributed by atoms with Crippen LogP contribution in [0.3, 0.4) is 0 Å². The molecule has 7 heteroatoms. The molecule has 1 saturated heterocycles. The number of hydrogen-bond acceptors (Lipinski definition) is 4. The third-order valence-electron chi connectivity index (χ3n) is 4.26. The lowest BCUT2D eigenvalue weighted by atomic mass is 10.0. The first-order valence-corrected chi connectivity index (χ1v) is 7.61. The molecule has 3 rings (SSSR count). The van der Waals surface area contributed by atoms with Gasteiger partial charge in [-0.05, 0) is 30.2 Å². The van der Waals surface area contributed by atoms with E-state index in [9.17, 15) is 19.1 Å². The number of hydrogen-bond donors (Lipinski definition) is 2. The van der Waals surface area contributed by atoms with E-state index in [0.717, 1.165) is 0 Å². The van der Waals surface area contributed by atoms with Gasteiger partial charge in [-0.3, -0.25) is 9.59 Å². The van der Waals surface area contributed by atoms with E-state index in [-0.39, 0.29) is 36.6 Å². The van der Waals surface area contributed by atoms with Crippen molar-refractivity contribution in [3.63, 3.8) is 0 Å². The van der Waals surface area contributed by atoms with Crippen LogP contribution in [0.5, 0.6) is 5.75 Å². The number of nitrogens with zero attached hydrogens (tertiary/aromatic N) is 1. The Hall–Kier alpha value is -2.15. The highest BCUT2D eigenvalue weighted by atomic mass is 19.1. The molecule has 124 valence electrons. The Labute approximate surface area is 133 Å². The molecule has 0 saturated carbocycles. The molecule has 0 aliphatic carbocycles. The second-order valence-electron chi connectivity index (χ2n) is 6.05. The molecule has 0 aromatic heterocycles. The molecule has 3 atom stereocenters. The molecule has 2 heterocycles. The number of aliphatic hydroxyl groups excluding tert-OH is 1. The van der Waals surface area contributed by atoms with Crippen molar-refractivity contribution in [3.05, 3.63) is 29.6 Å². The van der Waals surface area contributed by atoms with Gasteiger partial charge >= 0.3 is 0 Å². The summed E-state index contributed by atoms with van der Waals surface area (Å²) in [5, 5.41) is 12.5. The van der Waals surface area contributed by atoms with E-state index in [1.165, 1.54) is 24.0 Å². The average Bonchev–Trinajstić information content (AvgIpc) is 2.89. The highest BCUT2D eigenvalue weighted by Crippen LogP contribution is 2.26. The summed E-state index contributed by atoms with van der Waals surface area (Å²) in [6.45, 7) is 1.84. The number of ether oxygens (including phenoxy) is 1. The van der Waals surface area contributed by atoms with E-state index < -0.39 is 12.1 Å². The quantitative estimate of drug-likeness (QED) is 0.817. The van der Waals surface area contributed by atoms with Crippen LogP contribution in [-0.2, 0) is 16.0 Å². The third kappa shape index (κ3) is 3.29. The predicted molar refractivity (Wildman–Crippen MR) is 79.3 cm³/mol. The first kappa shape index (κ1) is 15.7. The van der Waals surface area contributed by atoms with Crippen LogP contribution in [0.2, 0.25) is 0 Å². The summed E-state index contributed by atoms with van der Waals surface area (Å²) >= 11 is 0. The minimum Gasteiger partial charge on any atom is -0.491 e. The zero-order chi connectivity index (χ0) is 16.6. The maximum absolute atomic E-state index is 13.3. The Morgan fingerprint density at radius 1 is 1.43 bits per heavy atom. The lowest BCUT2D eigenvalue weighted by molar-refractivity contribution is -0.137. The molecule has 1 aromatic carbocycles. The monoisotopic (exact) mass is 322 g/mol. The normalized spacial score (nSPS) is 26.4. The van der Waals surface area contributed by atoms with Crippen molar-refractivity contribution in [2.75, 3.05) is 13.2 Å². The van der Waals surface area contributed by atoms with Crippen molar-refractivity contribution in [2.24, 2.45) is 0 Å². The van der Waals surface area contributed by atoms with Crippen LogP contribution in [0.25, 0.3) is 0 Å². The van der Waals surface area contributed by atoms with Gasteiger partial charge in [0.05, 0.1) is 12.1 Å². The fourth-order valence-corrected chi connectivity index (χ4v) is 3.16. The second-order valence-corrected chi connectivity index (χ2v) is 6.05. The van der Waals surface area contributed by atoms with E-state index >= 15 is 0 Å². The molecule has 1 fully saturated rings. The number of carbonyl (C=O) groups excluding carboxylic acids is 2. The maximum atomic E-state index is 13.3. The Morgan fingerprint density at radius 3 is 2.96 bits per heavy atom. The van der Waals surface area contributed by atoms with Crippen molar-refractivity contribution >= 4 is 11.8 Å². The van der Waals surface area contributed by atoms with E-state index in [2.05, 4.69) is 5.32 Å². The van der Waals surface area contributed by atoms with Gasteiger partial charge in [-0.15, -0.1) is 0 Å².